The fourth-order valence-corrected chi connectivity index (χ4v) is 3.54. The van der Waals surface area contributed by atoms with Gasteiger partial charge >= 0.3 is 0 Å². The van der Waals surface area contributed by atoms with E-state index in [4.69, 9.17) is 0 Å². The Kier molecular flexibility index (Phi) is 5.08. The van der Waals surface area contributed by atoms with Gasteiger partial charge in [0.05, 0.1) is 17.0 Å². The van der Waals surface area contributed by atoms with Crippen molar-refractivity contribution in [1.29, 1.82) is 0 Å². The lowest BCUT2D eigenvalue weighted by atomic mass is 10.3. The molecular formula is C15H17F2N5OS. The monoisotopic (exact) mass is 353 g/mol. The van der Waals surface area contributed by atoms with Gasteiger partial charge in [0.2, 0.25) is 11.1 Å². The van der Waals surface area contributed by atoms with Crippen molar-refractivity contribution in [2.75, 3.05) is 5.32 Å². The second-order valence-electron chi connectivity index (χ2n) is 5.72. The van der Waals surface area contributed by atoms with Crippen LogP contribution in [0.1, 0.15) is 38.6 Å². The van der Waals surface area contributed by atoms with E-state index in [1.807, 2.05) is 0 Å². The summed E-state index contributed by atoms with van der Waals surface area (Å²) in [6, 6.07) is 3.29. The zero-order valence-corrected chi connectivity index (χ0v) is 13.9. The average Bonchev–Trinajstić information content (AvgIpc) is 3.20. The molecule has 1 unspecified atom stereocenters. The van der Waals surface area contributed by atoms with Gasteiger partial charge in [-0.2, -0.15) is 0 Å². The van der Waals surface area contributed by atoms with Crippen LogP contribution in [0.5, 0.6) is 0 Å². The van der Waals surface area contributed by atoms with Crippen LogP contribution in [0.25, 0.3) is 0 Å². The second kappa shape index (κ2) is 7.25. The summed E-state index contributed by atoms with van der Waals surface area (Å²) < 4.78 is 28.3. The molecule has 1 N–H and O–H groups in total. The number of rotatable bonds is 5. The summed E-state index contributed by atoms with van der Waals surface area (Å²) in [7, 11) is 0. The number of aromatic nitrogens is 4. The van der Waals surface area contributed by atoms with E-state index in [-0.39, 0.29) is 11.7 Å². The Morgan fingerprint density at radius 3 is 2.83 bits per heavy atom. The SMILES string of the molecule is CC(Sc1nnnn1C1CCCC1)C(=O)Nc1ccc(F)cc1F. The summed E-state index contributed by atoms with van der Waals surface area (Å²) in [5.41, 5.74) is -0.0516. The summed E-state index contributed by atoms with van der Waals surface area (Å²) in [4.78, 5) is 12.2. The number of nitrogens with one attached hydrogen (secondary N) is 1. The van der Waals surface area contributed by atoms with Crippen LogP contribution in [0.4, 0.5) is 14.5 Å². The zero-order chi connectivity index (χ0) is 17.1. The van der Waals surface area contributed by atoms with Crippen LogP contribution in [-0.4, -0.2) is 31.4 Å². The van der Waals surface area contributed by atoms with Crippen LogP contribution in [-0.2, 0) is 4.79 Å². The Morgan fingerprint density at radius 2 is 2.12 bits per heavy atom. The molecule has 0 aliphatic heterocycles. The molecule has 128 valence electrons. The number of carbonyl (C=O) groups is 1. The minimum absolute atomic E-state index is 0.0516. The van der Waals surface area contributed by atoms with Gasteiger partial charge in [-0.3, -0.25) is 4.79 Å². The Hall–Kier alpha value is -2.03. The van der Waals surface area contributed by atoms with Gasteiger partial charge < -0.3 is 5.32 Å². The van der Waals surface area contributed by atoms with E-state index in [1.165, 1.54) is 17.8 Å². The normalized spacial score (nSPS) is 16.3. The van der Waals surface area contributed by atoms with E-state index >= 15 is 0 Å². The fraction of sp³-hybridized carbons (Fsp3) is 0.467. The number of tetrazole rings is 1. The summed E-state index contributed by atoms with van der Waals surface area (Å²) >= 11 is 1.22. The molecule has 1 aromatic heterocycles. The molecule has 2 aromatic rings. The van der Waals surface area contributed by atoms with Crippen molar-refractivity contribution in [2.45, 2.75) is 49.1 Å². The molecule has 24 heavy (non-hydrogen) atoms. The third kappa shape index (κ3) is 3.72. The molecule has 0 radical (unpaired) electrons. The lowest BCUT2D eigenvalue weighted by Gasteiger charge is -2.14. The van der Waals surface area contributed by atoms with Crippen molar-refractivity contribution >= 4 is 23.4 Å². The minimum Gasteiger partial charge on any atom is -0.323 e. The van der Waals surface area contributed by atoms with Crippen LogP contribution in [0.3, 0.4) is 0 Å². The van der Waals surface area contributed by atoms with Gasteiger partial charge in [0.25, 0.3) is 0 Å². The van der Waals surface area contributed by atoms with Crippen LogP contribution >= 0.6 is 11.8 Å². The predicted molar refractivity (Wildman–Crippen MR) is 85.6 cm³/mol. The molecule has 3 rings (SSSR count). The lowest BCUT2D eigenvalue weighted by molar-refractivity contribution is -0.115. The number of carbonyl (C=O) groups excluding carboxylic acids is 1. The Labute approximate surface area is 142 Å². The Balaban J connectivity index is 1.65. The van der Waals surface area contributed by atoms with E-state index in [9.17, 15) is 13.6 Å². The maximum Gasteiger partial charge on any atom is 0.237 e. The predicted octanol–water partition coefficient (Wildman–Crippen LogP) is 3.19. The first-order chi connectivity index (χ1) is 11.5. The summed E-state index contributed by atoms with van der Waals surface area (Å²) in [5.74, 6) is -1.90. The molecule has 6 nitrogen and oxygen atoms in total. The Morgan fingerprint density at radius 1 is 1.38 bits per heavy atom. The Bertz CT molecular complexity index is 732. The van der Waals surface area contributed by atoms with Gasteiger partial charge in [-0.1, -0.05) is 24.6 Å². The molecule has 1 aliphatic carbocycles. The van der Waals surface area contributed by atoms with Crippen LogP contribution in [0.15, 0.2) is 23.4 Å². The maximum atomic E-state index is 13.6. The largest absolute Gasteiger partial charge is 0.323 e. The van der Waals surface area contributed by atoms with Gasteiger partial charge in [0.1, 0.15) is 11.6 Å². The van der Waals surface area contributed by atoms with Gasteiger partial charge in [0.15, 0.2) is 0 Å². The first kappa shape index (κ1) is 16.8. The van der Waals surface area contributed by atoms with E-state index in [0.29, 0.717) is 5.16 Å². The summed E-state index contributed by atoms with van der Waals surface area (Å²) in [6.07, 6.45) is 4.35. The third-order valence-electron chi connectivity index (χ3n) is 3.97. The minimum atomic E-state index is -0.809. The zero-order valence-electron chi connectivity index (χ0n) is 13.1. The first-order valence-electron chi connectivity index (χ1n) is 7.75. The molecule has 1 fully saturated rings. The highest BCUT2D eigenvalue weighted by Gasteiger charge is 2.25. The molecule has 1 amide bonds. The number of anilines is 1. The average molecular weight is 353 g/mol. The first-order valence-corrected chi connectivity index (χ1v) is 8.63. The van der Waals surface area contributed by atoms with E-state index in [0.717, 1.165) is 37.8 Å². The molecule has 9 heteroatoms. The summed E-state index contributed by atoms with van der Waals surface area (Å²) in [6.45, 7) is 1.69. The molecule has 1 atom stereocenters. The van der Waals surface area contributed by atoms with Crippen molar-refractivity contribution in [3.8, 4) is 0 Å². The number of nitrogens with zero attached hydrogens (tertiary/aromatic N) is 4. The quantitative estimate of drug-likeness (QED) is 0.836. The van der Waals surface area contributed by atoms with Crippen LogP contribution in [0, 0.1) is 11.6 Å². The van der Waals surface area contributed by atoms with Gasteiger partial charge in [-0.15, -0.1) is 5.10 Å². The van der Waals surface area contributed by atoms with E-state index in [1.54, 1.807) is 11.6 Å². The van der Waals surface area contributed by atoms with Crippen molar-refractivity contribution in [3.63, 3.8) is 0 Å². The highest BCUT2D eigenvalue weighted by atomic mass is 32.2. The van der Waals surface area contributed by atoms with Crippen molar-refractivity contribution < 1.29 is 13.6 Å². The number of amides is 1. The van der Waals surface area contributed by atoms with E-state index < -0.39 is 22.8 Å². The van der Waals surface area contributed by atoms with E-state index in [2.05, 4.69) is 20.8 Å². The molecule has 0 bridgehead atoms. The molecule has 1 saturated carbocycles. The maximum absolute atomic E-state index is 13.6. The van der Waals surface area contributed by atoms with Gasteiger partial charge in [-0.05, 0) is 42.3 Å². The van der Waals surface area contributed by atoms with Crippen molar-refractivity contribution in [3.05, 3.63) is 29.8 Å². The van der Waals surface area contributed by atoms with Crippen molar-refractivity contribution in [1.82, 2.24) is 20.2 Å². The second-order valence-corrected chi connectivity index (χ2v) is 7.03. The number of benzene rings is 1. The fourth-order valence-electron chi connectivity index (χ4n) is 2.68. The molecular weight excluding hydrogens is 336 g/mol. The molecule has 0 spiro atoms. The van der Waals surface area contributed by atoms with Gasteiger partial charge in [-0.25, -0.2) is 13.5 Å². The van der Waals surface area contributed by atoms with Crippen LogP contribution < -0.4 is 5.32 Å². The number of hydrogen-bond acceptors (Lipinski definition) is 5. The van der Waals surface area contributed by atoms with Gasteiger partial charge in [0, 0.05) is 6.07 Å². The molecule has 1 aliphatic rings. The van der Waals surface area contributed by atoms with Crippen LogP contribution in [0.2, 0.25) is 0 Å². The highest BCUT2D eigenvalue weighted by Crippen LogP contribution is 2.32. The third-order valence-corrected chi connectivity index (χ3v) is 5.02. The smallest absolute Gasteiger partial charge is 0.237 e. The summed E-state index contributed by atoms with van der Waals surface area (Å²) in [5, 5.41) is 14.2. The highest BCUT2D eigenvalue weighted by molar-refractivity contribution is 8.00. The van der Waals surface area contributed by atoms with Crippen molar-refractivity contribution in [2.24, 2.45) is 0 Å². The number of thioether (sulfide) groups is 1. The molecule has 1 heterocycles. The number of hydrogen-bond donors (Lipinski definition) is 1. The molecule has 1 aromatic carbocycles. The topological polar surface area (TPSA) is 72.7 Å². The molecule has 0 saturated heterocycles. The lowest BCUT2D eigenvalue weighted by Crippen LogP contribution is -2.23. The standard InChI is InChI=1S/C15H17F2N5OS/c1-9(14(23)18-13-7-6-10(16)8-12(13)17)24-15-19-20-21-22(15)11-4-2-3-5-11/h6-9,11H,2-5H2,1H3,(H,18,23). The number of halogens is 2.